The molecule has 2 saturated heterocycles. The Kier molecular flexibility index (Phi) is 1.91. The van der Waals surface area contributed by atoms with Crippen LogP contribution in [0.3, 0.4) is 0 Å². The van der Waals surface area contributed by atoms with Crippen LogP contribution in [0.1, 0.15) is 31.5 Å². The Balaban J connectivity index is 1.94. The molecule has 2 fully saturated rings. The van der Waals surface area contributed by atoms with Gasteiger partial charge in [-0.05, 0) is 12.8 Å². The number of aryl methyl sites for hydroxylation is 1. The maximum absolute atomic E-state index is 10.6. The standard InChI is InChI=1S/C11H16N2O2/c1-13-5-4-12-10(13)11(14)6-8-2-3-9(7-11)15-8/h4-5,8-9,14H,2-3,6-7H2,1H3. The molecule has 2 aliphatic rings. The normalized spacial score (nSPS) is 39.6. The summed E-state index contributed by atoms with van der Waals surface area (Å²) < 4.78 is 7.64. The molecule has 0 radical (unpaired) electrons. The number of nitrogens with zero attached hydrogens (tertiary/aromatic N) is 2. The van der Waals surface area contributed by atoms with E-state index in [4.69, 9.17) is 4.74 Å². The second kappa shape index (κ2) is 3.06. The van der Waals surface area contributed by atoms with Crippen LogP contribution >= 0.6 is 0 Å². The largest absolute Gasteiger partial charge is 0.382 e. The monoisotopic (exact) mass is 208 g/mol. The van der Waals surface area contributed by atoms with Crippen LogP contribution in [0.5, 0.6) is 0 Å². The van der Waals surface area contributed by atoms with Crippen molar-refractivity contribution in [2.45, 2.75) is 43.5 Å². The molecule has 15 heavy (non-hydrogen) atoms. The number of hydrogen-bond donors (Lipinski definition) is 1. The summed E-state index contributed by atoms with van der Waals surface area (Å²) in [5.74, 6) is 0.780. The van der Waals surface area contributed by atoms with Gasteiger partial charge in [-0.25, -0.2) is 4.98 Å². The molecule has 4 heteroatoms. The predicted octanol–water partition coefficient (Wildman–Crippen LogP) is 0.949. The van der Waals surface area contributed by atoms with E-state index in [2.05, 4.69) is 4.98 Å². The lowest BCUT2D eigenvalue weighted by Gasteiger charge is -2.35. The van der Waals surface area contributed by atoms with Crippen molar-refractivity contribution in [2.75, 3.05) is 0 Å². The molecular formula is C11H16N2O2. The third-order valence-electron chi connectivity index (χ3n) is 3.56. The van der Waals surface area contributed by atoms with E-state index >= 15 is 0 Å². The first-order valence-electron chi connectivity index (χ1n) is 5.53. The molecule has 2 unspecified atom stereocenters. The van der Waals surface area contributed by atoms with E-state index in [0.29, 0.717) is 12.8 Å². The number of rotatable bonds is 1. The molecule has 0 aromatic carbocycles. The third-order valence-corrected chi connectivity index (χ3v) is 3.56. The highest BCUT2D eigenvalue weighted by molar-refractivity contribution is 5.09. The lowest BCUT2D eigenvalue weighted by Crippen LogP contribution is -2.40. The molecule has 4 nitrogen and oxygen atoms in total. The van der Waals surface area contributed by atoms with Crippen molar-refractivity contribution in [1.82, 2.24) is 9.55 Å². The van der Waals surface area contributed by atoms with Crippen LogP contribution in [0.15, 0.2) is 12.4 Å². The van der Waals surface area contributed by atoms with Crippen LogP contribution in [-0.4, -0.2) is 26.9 Å². The summed E-state index contributed by atoms with van der Waals surface area (Å²) in [6.45, 7) is 0. The Bertz CT molecular complexity index is 362. The minimum Gasteiger partial charge on any atom is -0.382 e. The summed E-state index contributed by atoms with van der Waals surface area (Å²) in [5.41, 5.74) is -0.775. The highest BCUT2D eigenvalue weighted by Gasteiger charge is 2.46. The molecular weight excluding hydrogens is 192 g/mol. The first-order chi connectivity index (χ1) is 7.17. The fraction of sp³-hybridized carbons (Fsp3) is 0.727. The van der Waals surface area contributed by atoms with Crippen LogP contribution in [-0.2, 0) is 17.4 Å². The van der Waals surface area contributed by atoms with E-state index in [1.807, 2.05) is 17.8 Å². The fourth-order valence-electron chi connectivity index (χ4n) is 2.91. The van der Waals surface area contributed by atoms with Gasteiger partial charge in [0.25, 0.3) is 0 Å². The number of hydrogen-bond acceptors (Lipinski definition) is 3. The van der Waals surface area contributed by atoms with Crippen LogP contribution in [0.25, 0.3) is 0 Å². The average Bonchev–Trinajstić information content (AvgIpc) is 2.73. The Morgan fingerprint density at radius 2 is 2.13 bits per heavy atom. The van der Waals surface area contributed by atoms with E-state index in [1.54, 1.807) is 6.20 Å². The minimum atomic E-state index is -0.775. The van der Waals surface area contributed by atoms with Gasteiger partial charge >= 0.3 is 0 Å². The van der Waals surface area contributed by atoms with E-state index < -0.39 is 5.60 Å². The lowest BCUT2D eigenvalue weighted by molar-refractivity contribution is -0.120. The zero-order chi connectivity index (χ0) is 10.5. The van der Waals surface area contributed by atoms with Crippen molar-refractivity contribution in [1.29, 1.82) is 0 Å². The number of imidazole rings is 1. The van der Waals surface area contributed by atoms with Crippen molar-refractivity contribution >= 4 is 0 Å². The predicted molar refractivity (Wildman–Crippen MR) is 54.2 cm³/mol. The Labute approximate surface area is 88.9 Å². The van der Waals surface area contributed by atoms with Crippen LogP contribution in [0, 0.1) is 0 Å². The average molecular weight is 208 g/mol. The summed E-state index contributed by atoms with van der Waals surface area (Å²) in [4.78, 5) is 4.27. The van der Waals surface area contributed by atoms with Gasteiger partial charge in [0.05, 0.1) is 12.2 Å². The molecule has 82 valence electrons. The maximum atomic E-state index is 10.6. The SMILES string of the molecule is Cn1ccnc1C1(O)CC2CCC(C1)O2. The van der Waals surface area contributed by atoms with Gasteiger partial charge in [0, 0.05) is 32.3 Å². The topological polar surface area (TPSA) is 47.3 Å². The molecule has 2 atom stereocenters. The fourth-order valence-corrected chi connectivity index (χ4v) is 2.91. The van der Waals surface area contributed by atoms with E-state index in [1.165, 1.54) is 0 Å². The molecule has 1 aromatic rings. The molecule has 2 bridgehead atoms. The van der Waals surface area contributed by atoms with Gasteiger partial charge in [-0.2, -0.15) is 0 Å². The second-order valence-electron chi connectivity index (χ2n) is 4.76. The molecule has 0 aliphatic carbocycles. The Morgan fingerprint density at radius 3 is 2.67 bits per heavy atom. The Morgan fingerprint density at radius 1 is 1.47 bits per heavy atom. The molecule has 3 rings (SSSR count). The van der Waals surface area contributed by atoms with Gasteiger partial charge in [-0.3, -0.25) is 0 Å². The Hall–Kier alpha value is -0.870. The first-order valence-corrected chi connectivity index (χ1v) is 5.53. The van der Waals surface area contributed by atoms with Gasteiger partial charge in [0.15, 0.2) is 0 Å². The first kappa shape index (κ1) is 9.36. The van der Waals surface area contributed by atoms with Crippen molar-refractivity contribution in [3.05, 3.63) is 18.2 Å². The third kappa shape index (κ3) is 1.40. The summed E-state index contributed by atoms with van der Waals surface area (Å²) in [6, 6.07) is 0. The summed E-state index contributed by atoms with van der Waals surface area (Å²) in [7, 11) is 1.93. The minimum absolute atomic E-state index is 0.227. The zero-order valence-corrected chi connectivity index (χ0v) is 8.89. The highest BCUT2D eigenvalue weighted by Crippen LogP contribution is 2.43. The molecule has 1 N–H and O–H groups in total. The summed E-state index contributed by atoms with van der Waals surface area (Å²) in [6.07, 6.45) is 7.61. The molecule has 1 aromatic heterocycles. The smallest absolute Gasteiger partial charge is 0.140 e. The van der Waals surface area contributed by atoms with E-state index in [0.717, 1.165) is 18.7 Å². The van der Waals surface area contributed by atoms with Crippen LogP contribution in [0.2, 0.25) is 0 Å². The second-order valence-corrected chi connectivity index (χ2v) is 4.76. The van der Waals surface area contributed by atoms with Crippen LogP contribution < -0.4 is 0 Å². The molecule has 2 aliphatic heterocycles. The molecule has 0 amide bonds. The van der Waals surface area contributed by atoms with Crippen molar-refractivity contribution < 1.29 is 9.84 Å². The quantitative estimate of drug-likeness (QED) is 0.747. The zero-order valence-electron chi connectivity index (χ0n) is 8.89. The summed E-state index contributed by atoms with van der Waals surface area (Å²) >= 11 is 0. The maximum Gasteiger partial charge on any atom is 0.140 e. The lowest BCUT2D eigenvalue weighted by atomic mass is 9.89. The van der Waals surface area contributed by atoms with E-state index in [-0.39, 0.29) is 12.2 Å². The van der Waals surface area contributed by atoms with Crippen LogP contribution in [0.4, 0.5) is 0 Å². The number of ether oxygens (including phenoxy) is 1. The molecule has 3 heterocycles. The number of aliphatic hydroxyl groups is 1. The number of aromatic nitrogens is 2. The van der Waals surface area contributed by atoms with Crippen molar-refractivity contribution in [2.24, 2.45) is 7.05 Å². The highest BCUT2D eigenvalue weighted by atomic mass is 16.5. The van der Waals surface area contributed by atoms with Gasteiger partial charge in [-0.15, -0.1) is 0 Å². The van der Waals surface area contributed by atoms with Crippen molar-refractivity contribution in [3.8, 4) is 0 Å². The van der Waals surface area contributed by atoms with Gasteiger partial charge in [0.2, 0.25) is 0 Å². The van der Waals surface area contributed by atoms with Crippen molar-refractivity contribution in [3.63, 3.8) is 0 Å². The van der Waals surface area contributed by atoms with Gasteiger partial charge < -0.3 is 14.4 Å². The molecule has 0 spiro atoms. The van der Waals surface area contributed by atoms with Gasteiger partial charge in [-0.1, -0.05) is 0 Å². The summed E-state index contributed by atoms with van der Waals surface area (Å²) in [5, 5.41) is 10.6. The van der Waals surface area contributed by atoms with Gasteiger partial charge in [0.1, 0.15) is 11.4 Å². The van der Waals surface area contributed by atoms with E-state index in [9.17, 15) is 5.11 Å². The number of fused-ring (bicyclic) bond motifs is 2. The molecule has 0 saturated carbocycles.